The van der Waals surface area contributed by atoms with Crippen LogP contribution in [0, 0.1) is 11.8 Å². The summed E-state index contributed by atoms with van der Waals surface area (Å²) in [6.07, 6.45) is -14.1. The van der Waals surface area contributed by atoms with Crippen LogP contribution in [-0.2, 0) is 69.9 Å². The molecule has 14 atom stereocenters. The van der Waals surface area contributed by atoms with Crippen LogP contribution in [-0.4, -0.2) is 177 Å². The molecule has 0 unspecified atom stereocenters. The van der Waals surface area contributed by atoms with Gasteiger partial charge in [0.1, 0.15) is 60.3 Å². The Kier molecular flexibility index (Phi) is 20.0. The highest BCUT2D eigenvalue weighted by molar-refractivity contribution is 5.91. The van der Waals surface area contributed by atoms with Gasteiger partial charge in [0.15, 0.2) is 12.6 Å². The third kappa shape index (κ3) is 13.3. The maximum absolute atomic E-state index is 13.7. The molecule has 394 valence electrons. The molecule has 2 aromatic carbocycles. The molecule has 2 fully saturated rings. The molecule has 0 spiro atoms. The third-order valence-corrected chi connectivity index (χ3v) is 12.3. The minimum Gasteiger partial charge on any atom is -0.468 e. The molecule has 2 saturated heterocycles. The van der Waals surface area contributed by atoms with Crippen molar-refractivity contribution in [3.05, 3.63) is 107 Å². The van der Waals surface area contributed by atoms with Crippen LogP contribution in [0.4, 0.5) is 0 Å². The maximum atomic E-state index is 13.7. The average Bonchev–Trinajstić information content (AvgIpc) is 3.37. The maximum Gasteiger partial charge on any atom is 0.337 e. The van der Waals surface area contributed by atoms with E-state index in [4.69, 9.17) is 47.4 Å². The first-order valence-corrected chi connectivity index (χ1v) is 23.0. The number of methoxy groups -OCH3 is 1. The number of benzene rings is 2. The average molecular weight is 1020 g/mol. The van der Waals surface area contributed by atoms with E-state index in [2.05, 4.69) is 0 Å². The molecule has 4 aliphatic rings. The van der Waals surface area contributed by atoms with Crippen LogP contribution in [0.25, 0.3) is 0 Å². The van der Waals surface area contributed by atoms with Crippen LogP contribution in [0.5, 0.6) is 11.5 Å². The summed E-state index contributed by atoms with van der Waals surface area (Å²) in [5, 5.41) is 90.7. The lowest BCUT2D eigenvalue weighted by molar-refractivity contribution is -0.327. The summed E-state index contributed by atoms with van der Waals surface area (Å²) in [5.74, 6) is -5.03. The molecule has 0 radical (unpaired) electrons. The molecule has 0 saturated carbocycles. The molecule has 0 aliphatic carbocycles. The van der Waals surface area contributed by atoms with E-state index in [0.29, 0.717) is 12.0 Å². The van der Waals surface area contributed by atoms with E-state index in [9.17, 15) is 65.1 Å². The Balaban J connectivity index is 1.09. The van der Waals surface area contributed by atoms with Gasteiger partial charge in [0.25, 0.3) is 0 Å². The Labute approximate surface area is 412 Å². The van der Waals surface area contributed by atoms with Gasteiger partial charge in [-0.25, -0.2) is 9.59 Å². The normalized spacial score (nSPS) is 31.6. The summed E-state index contributed by atoms with van der Waals surface area (Å²) < 4.78 is 55.7. The molecule has 4 aliphatic heterocycles. The lowest BCUT2D eigenvalue weighted by atomic mass is 9.86. The number of hydrogen-bond acceptors (Lipinski definition) is 23. The smallest absolute Gasteiger partial charge is 0.337 e. The second-order valence-corrected chi connectivity index (χ2v) is 16.9. The number of hydrogen-bond donors (Lipinski definition) is 9. The number of aliphatic hydroxyl groups excluding tert-OH is 9. The van der Waals surface area contributed by atoms with Crippen LogP contribution in [0.15, 0.2) is 95.5 Å². The standard InChI is InChI=1S/C49H60O23/c1-4-28-30(32(44(61)63-3)22-65-46(28)71-48-42(59)40(57)38(55)34(20-51)69-48)18-36(53)68-27-12-8-25(9-13-27)15-17-64-45(62)33-23-66-47(72-49-43(60)41(58)39(56)35(21-52)70-49)29(5-2)31(33)19-37(54)67-26-10-6-24(7-11-26)14-16-50/h4-13,22-23,30-31,34-35,38-43,46-52,55-60H,14-21H2,1-3H3/b28-4-,29-5-/t30-,31-,34+,35+,38+,39+,40-,41-,42+,43+,46-,47-,48-,49-/m0/s1. The highest BCUT2D eigenvalue weighted by Crippen LogP contribution is 2.38. The minimum atomic E-state index is -1.78. The Bertz CT molecular complexity index is 2290. The van der Waals surface area contributed by atoms with E-state index in [1.165, 1.54) is 24.3 Å². The molecule has 0 amide bonds. The van der Waals surface area contributed by atoms with Crippen molar-refractivity contribution in [1.29, 1.82) is 0 Å². The zero-order chi connectivity index (χ0) is 52.2. The van der Waals surface area contributed by atoms with Crippen LogP contribution < -0.4 is 9.47 Å². The number of esters is 4. The predicted octanol–water partition coefficient (Wildman–Crippen LogP) is -0.990. The first kappa shape index (κ1) is 55.7. The summed E-state index contributed by atoms with van der Waals surface area (Å²) in [6.45, 7) is 1.49. The van der Waals surface area contributed by atoms with Gasteiger partial charge >= 0.3 is 23.9 Å². The summed E-state index contributed by atoms with van der Waals surface area (Å²) >= 11 is 0. The van der Waals surface area contributed by atoms with Gasteiger partial charge in [-0.1, -0.05) is 36.4 Å². The minimum absolute atomic E-state index is 0.0628. The van der Waals surface area contributed by atoms with Crippen LogP contribution >= 0.6 is 0 Å². The highest BCUT2D eigenvalue weighted by Gasteiger charge is 2.49. The molecular weight excluding hydrogens is 957 g/mol. The molecular formula is C49H60O23. The number of carbonyl (C=O) groups excluding carboxylic acids is 4. The van der Waals surface area contributed by atoms with Crippen LogP contribution in [0.3, 0.4) is 0 Å². The highest BCUT2D eigenvalue weighted by atomic mass is 16.8. The number of ether oxygens (including phenoxy) is 10. The van der Waals surface area contributed by atoms with Gasteiger partial charge in [-0.2, -0.15) is 0 Å². The Morgan fingerprint density at radius 1 is 0.569 bits per heavy atom. The van der Waals surface area contributed by atoms with Crippen LogP contribution in [0.2, 0.25) is 0 Å². The van der Waals surface area contributed by atoms with Crippen molar-refractivity contribution in [2.24, 2.45) is 11.8 Å². The molecule has 2 aromatic rings. The summed E-state index contributed by atoms with van der Waals surface area (Å²) in [6, 6.07) is 12.7. The largest absolute Gasteiger partial charge is 0.468 e. The topological polar surface area (TPSA) is 343 Å². The van der Waals surface area contributed by atoms with Crippen molar-refractivity contribution in [2.75, 3.05) is 33.5 Å². The number of carbonyl (C=O) groups is 4. The Hall–Kier alpha value is -5.64. The second kappa shape index (κ2) is 25.8. The zero-order valence-corrected chi connectivity index (χ0v) is 39.4. The fourth-order valence-electron chi connectivity index (χ4n) is 8.33. The monoisotopic (exact) mass is 1020 g/mol. The third-order valence-electron chi connectivity index (χ3n) is 12.3. The van der Waals surface area contributed by atoms with Crippen molar-refractivity contribution >= 4 is 23.9 Å². The lowest BCUT2D eigenvalue weighted by Crippen LogP contribution is -2.60. The van der Waals surface area contributed by atoms with Crippen molar-refractivity contribution < 1.29 is 113 Å². The van der Waals surface area contributed by atoms with Crippen molar-refractivity contribution in [3.8, 4) is 11.5 Å². The first-order valence-electron chi connectivity index (χ1n) is 23.0. The summed E-state index contributed by atoms with van der Waals surface area (Å²) in [5.41, 5.74) is 1.72. The van der Waals surface area contributed by atoms with E-state index in [1.54, 1.807) is 50.2 Å². The van der Waals surface area contributed by atoms with Gasteiger partial charge in [0.05, 0.1) is 63.4 Å². The fourth-order valence-corrected chi connectivity index (χ4v) is 8.33. The SMILES string of the molecule is C/C=C1\[C@H](O[C@@H]2O[C@H](CO)[C@@H](O)[C@H](O)[C@H]2O)OC=C(C(=O)OC)[C@H]1CC(=O)Oc1ccc(CCOC(=O)C2=CO[C@@H](O[C@@H]3O[C@H](CO)[C@@H](O)[C@H](O)[C@H]3O)/C(=C\C)[C@@H]2CC(=O)Oc2ccc(CCO)cc2)cc1. The van der Waals surface area contributed by atoms with Crippen molar-refractivity contribution in [2.45, 2.75) is 114 Å². The number of rotatable bonds is 19. The van der Waals surface area contributed by atoms with E-state index in [0.717, 1.165) is 25.2 Å². The van der Waals surface area contributed by atoms with Gasteiger partial charge in [0, 0.05) is 36.0 Å². The Morgan fingerprint density at radius 2 is 0.986 bits per heavy atom. The van der Waals surface area contributed by atoms with Gasteiger partial charge in [0.2, 0.25) is 12.6 Å². The number of allylic oxidation sites excluding steroid dienone is 2. The quantitative estimate of drug-likeness (QED) is 0.0463. The molecule has 0 aromatic heterocycles. The molecule has 23 nitrogen and oxygen atoms in total. The molecule has 4 heterocycles. The molecule has 23 heteroatoms. The molecule has 6 rings (SSSR count). The van der Waals surface area contributed by atoms with Gasteiger partial charge in [-0.05, 0) is 55.7 Å². The van der Waals surface area contributed by atoms with E-state index in [-0.39, 0.29) is 53.4 Å². The van der Waals surface area contributed by atoms with Gasteiger partial charge < -0.3 is 93.3 Å². The lowest BCUT2D eigenvalue weighted by Gasteiger charge is -2.41. The van der Waals surface area contributed by atoms with Gasteiger partial charge in [-0.3, -0.25) is 9.59 Å². The summed E-state index contributed by atoms with van der Waals surface area (Å²) in [7, 11) is 1.14. The van der Waals surface area contributed by atoms with Crippen molar-refractivity contribution in [1.82, 2.24) is 0 Å². The summed E-state index contributed by atoms with van der Waals surface area (Å²) in [4.78, 5) is 53.4. The Morgan fingerprint density at radius 3 is 1.38 bits per heavy atom. The fraction of sp³-hybridized carbons (Fsp3) is 0.510. The molecule has 0 bridgehead atoms. The van der Waals surface area contributed by atoms with Gasteiger partial charge in [-0.15, -0.1) is 0 Å². The predicted molar refractivity (Wildman–Crippen MR) is 241 cm³/mol. The van der Waals surface area contributed by atoms with E-state index in [1.807, 2.05) is 0 Å². The molecule has 72 heavy (non-hydrogen) atoms. The molecule has 9 N–H and O–H groups in total. The second-order valence-electron chi connectivity index (χ2n) is 16.9. The zero-order valence-electron chi connectivity index (χ0n) is 39.4. The van der Waals surface area contributed by atoms with E-state index >= 15 is 0 Å². The van der Waals surface area contributed by atoms with Crippen molar-refractivity contribution in [3.63, 3.8) is 0 Å². The van der Waals surface area contributed by atoms with Crippen LogP contribution in [0.1, 0.15) is 37.8 Å². The first-order chi connectivity index (χ1) is 34.5. The number of aliphatic hydroxyl groups is 9. The van der Waals surface area contributed by atoms with E-state index < -0.39 is 136 Å².